The third kappa shape index (κ3) is 2.52. The van der Waals surface area contributed by atoms with Crippen LogP contribution in [0, 0.1) is 10.1 Å². The Labute approximate surface area is 126 Å². The van der Waals surface area contributed by atoms with E-state index in [0.29, 0.717) is 0 Å². The minimum absolute atomic E-state index is 0.0601. The molecule has 0 atom stereocenters. The van der Waals surface area contributed by atoms with Crippen molar-refractivity contribution in [3.8, 4) is 5.82 Å². The smallest absolute Gasteiger partial charge is 0.258 e. The summed E-state index contributed by atoms with van der Waals surface area (Å²) in [5, 5.41) is 13.7. The number of nitrogens with zero attached hydrogens (tertiary/aromatic N) is 4. The molecular weight excluding hydrogens is 325 g/mol. The molecule has 10 heteroatoms. The average Bonchev–Trinajstić information content (AvgIpc) is 3.21. The van der Waals surface area contributed by atoms with Crippen molar-refractivity contribution in [1.29, 1.82) is 0 Å². The molecule has 1 fully saturated rings. The topological polar surface area (TPSA) is 73.8 Å². The first-order chi connectivity index (χ1) is 10.3. The van der Waals surface area contributed by atoms with Crippen molar-refractivity contribution < 1.29 is 18.1 Å². The minimum atomic E-state index is -4.67. The van der Waals surface area contributed by atoms with Gasteiger partial charge in [0.25, 0.3) is 5.69 Å². The quantitative estimate of drug-likeness (QED) is 0.634. The Morgan fingerprint density at radius 1 is 1.36 bits per heavy atom. The predicted octanol–water partition coefficient (Wildman–Crippen LogP) is 3.73. The molecular formula is C12H8ClF3N4O2. The lowest BCUT2D eigenvalue weighted by molar-refractivity contribution is -0.385. The average molecular weight is 333 g/mol. The zero-order valence-corrected chi connectivity index (χ0v) is 11.6. The Morgan fingerprint density at radius 2 is 2.05 bits per heavy atom. The first-order valence-electron chi connectivity index (χ1n) is 6.25. The number of halogens is 4. The number of rotatable bonds is 3. The highest BCUT2D eigenvalue weighted by Crippen LogP contribution is 2.47. The van der Waals surface area contributed by atoms with Gasteiger partial charge < -0.3 is 0 Å². The summed E-state index contributed by atoms with van der Waals surface area (Å²) in [5.41, 5.74) is -1.18. The van der Waals surface area contributed by atoms with Gasteiger partial charge in [0, 0.05) is 12.0 Å². The van der Waals surface area contributed by atoms with Crippen molar-refractivity contribution in [3.63, 3.8) is 0 Å². The molecule has 6 nitrogen and oxygen atoms in total. The van der Waals surface area contributed by atoms with Gasteiger partial charge in [0.05, 0.1) is 15.6 Å². The second kappa shape index (κ2) is 4.94. The van der Waals surface area contributed by atoms with Crippen LogP contribution in [0.15, 0.2) is 18.3 Å². The zero-order valence-electron chi connectivity index (χ0n) is 10.8. The number of hydrogen-bond acceptors (Lipinski definition) is 4. The van der Waals surface area contributed by atoms with E-state index in [2.05, 4.69) is 10.1 Å². The highest BCUT2D eigenvalue weighted by molar-refractivity contribution is 6.32. The summed E-state index contributed by atoms with van der Waals surface area (Å²) < 4.78 is 39.8. The van der Waals surface area contributed by atoms with E-state index >= 15 is 0 Å². The molecule has 0 aromatic carbocycles. The maximum atomic E-state index is 12.9. The maximum absolute atomic E-state index is 12.9. The Hall–Kier alpha value is -2.16. The van der Waals surface area contributed by atoms with Crippen molar-refractivity contribution in [1.82, 2.24) is 14.8 Å². The minimum Gasteiger partial charge on any atom is -0.258 e. The second-order valence-corrected chi connectivity index (χ2v) is 5.24. The Bertz CT molecular complexity index is 738. The van der Waals surface area contributed by atoms with Crippen molar-refractivity contribution >= 4 is 17.3 Å². The molecule has 0 unspecified atom stereocenters. The van der Waals surface area contributed by atoms with Crippen molar-refractivity contribution in [3.05, 3.63) is 44.9 Å². The standard InChI is InChI=1S/C12H8ClF3N4O2/c13-9-10(6-1-2-6)19(18-11(9)12(14,15)16)8-4-3-7(5-17-8)20(21)22/h3-6H,1-2H2. The molecule has 116 valence electrons. The van der Waals surface area contributed by atoms with Crippen LogP contribution in [-0.2, 0) is 6.18 Å². The summed E-state index contributed by atoms with van der Waals surface area (Å²) in [7, 11) is 0. The zero-order chi connectivity index (χ0) is 16.1. The second-order valence-electron chi connectivity index (χ2n) is 4.86. The van der Waals surface area contributed by atoms with Crippen LogP contribution in [0.3, 0.4) is 0 Å². The van der Waals surface area contributed by atoms with E-state index in [0.717, 1.165) is 29.8 Å². The normalized spacial score (nSPS) is 15.1. The highest BCUT2D eigenvalue weighted by atomic mass is 35.5. The van der Waals surface area contributed by atoms with E-state index < -0.39 is 21.8 Å². The summed E-state index contributed by atoms with van der Waals surface area (Å²) in [6, 6.07) is 2.40. The molecule has 1 aliphatic carbocycles. The number of aromatic nitrogens is 3. The first kappa shape index (κ1) is 14.8. The van der Waals surface area contributed by atoms with Crippen molar-refractivity contribution in [2.24, 2.45) is 0 Å². The molecule has 2 aromatic rings. The van der Waals surface area contributed by atoms with Crippen molar-refractivity contribution in [2.75, 3.05) is 0 Å². The largest absolute Gasteiger partial charge is 0.436 e. The predicted molar refractivity (Wildman–Crippen MR) is 70.0 cm³/mol. The summed E-state index contributed by atoms with van der Waals surface area (Å²) in [5.74, 6) is -0.0435. The molecule has 2 heterocycles. The van der Waals surface area contributed by atoms with Gasteiger partial charge in [-0.15, -0.1) is 0 Å². The van der Waals surface area contributed by atoms with Gasteiger partial charge in [0.1, 0.15) is 6.20 Å². The molecule has 0 bridgehead atoms. The summed E-state index contributed by atoms with van der Waals surface area (Å²) in [6.07, 6.45) is -2.27. The Kier molecular flexibility index (Phi) is 3.32. The summed E-state index contributed by atoms with van der Waals surface area (Å²) in [6.45, 7) is 0. The van der Waals surface area contributed by atoms with E-state index in [-0.39, 0.29) is 23.1 Å². The van der Waals surface area contributed by atoms with Crippen LogP contribution in [0.5, 0.6) is 0 Å². The maximum Gasteiger partial charge on any atom is 0.436 e. The van der Waals surface area contributed by atoms with Crippen molar-refractivity contribution in [2.45, 2.75) is 24.9 Å². The fourth-order valence-corrected chi connectivity index (χ4v) is 2.47. The molecule has 1 saturated carbocycles. The van der Waals surface area contributed by atoms with Gasteiger partial charge >= 0.3 is 6.18 Å². The molecule has 0 N–H and O–H groups in total. The van der Waals surface area contributed by atoms with Gasteiger partial charge in [-0.1, -0.05) is 11.6 Å². The van der Waals surface area contributed by atoms with Gasteiger partial charge in [-0.05, 0) is 18.9 Å². The molecule has 0 amide bonds. The third-order valence-electron chi connectivity index (χ3n) is 3.25. The van der Waals surface area contributed by atoms with Crippen LogP contribution in [0.25, 0.3) is 5.82 Å². The molecule has 0 saturated heterocycles. The van der Waals surface area contributed by atoms with Gasteiger partial charge in [-0.3, -0.25) is 10.1 Å². The Morgan fingerprint density at radius 3 is 2.50 bits per heavy atom. The molecule has 0 radical (unpaired) electrons. The van der Waals surface area contributed by atoms with E-state index in [4.69, 9.17) is 11.6 Å². The fraction of sp³-hybridized carbons (Fsp3) is 0.333. The fourth-order valence-electron chi connectivity index (χ4n) is 2.09. The van der Waals surface area contributed by atoms with E-state index in [9.17, 15) is 23.3 Å². The van der Waals surface area contributed by atoms with Crippen LogP contribution in [0.1, 0.15) is 30.1 Å². The molecule has 0 spiro atoms. The Balaban J connectivity index is 2.11. The number of pyridine rings is 1. The van der Waals surface area contributed by atoms with Gasteiger partial charge in [-0.2, -0.15) is 18.3 Å². The number of hydrogen-bond donors (Lipinski definition) is 0. The van der Waals surface area contributed by atoms with Gasteiger partial charge in [0.15, 0.2) is 11.5 Å². The summed E-state index contributed by atoms with van der Waals surface area (Å²) in [4.78, 5) is 13.8. The SMILES string of the molecule is O=[N+]([O-])c1ccc(-n2nc(C(F)(F)F)c(Cl)c2C2CC2)nc1. The van der Waals surface area contributed by atoms with E-state index in [1.807, 2.05) is 0 Å². The first-order valence-corrected chi connectivity index (χ1v) is 6.63. The molecule has 3 rings (SSSR count). The number of nitro groups is 1. The molecule has 22 heavy (non-hydrogen) atoms. The lowest BCUT2D eigenvalue weighted by Gasteiger charge is -2.05. The van der Waals surface area contributed by atoms with Crippen LogP contribution < -0.4 is 0 Å². The third-order valence-corrected chi connectivity index (χ3v) is 3.63. The summed E-state index contributed by atoms with van der Waals surface area (Å²) >= 11 is 5.84. The van der Waals surface area contributed by atoms with Crippen LogP contribution in [0.4, 0.5) is 18.9 Å². The van der Waals surface area contributed by atoms with Crippen LogP contribution >= 0.6 is 11.6 Å². The van der Waals surface area contributed by atoms with E-state index in [1.54, 1.807) is 0 Å². The van der Waals surface area contributed by atoms with Gasteiger partial charge in [0.2, 0.25) is 0 Å². The van der Waals surface area contributed by atoms with Gasteiger partial charge in [-0.25, -0.2) is 9.67 Å². The lowest BCUT2D eigenvalue weighted by atomic mass is 10.2. The van der Waals surface area contributed by atoms with E-state index in [1.165, 1.54) is 6.07 Å². The monoisotopic (exact) mass is 332 g/mol. The number of alkyl halides is 3. The highest BCUT2D eigenvalue weighted by Gasteiger charge is 2.42. The van der Waals surface area contributed by atoms with Crippen LogP contribution in [-0.4, -0.2) is 19.7 Å². The molecule has 0 aliphatic heterocycles. The molecule has 2 aromatic heterocycles. The molecule has 1 aliphatic rings. The van der Waals surface area contributed by atoms with Crippen LogP contribution in [0.2, 0.25) is 5.02 Å². The lowest BCUT2D eigenvalue weighted by Crippen LogP contribution is -2.08.